The number of halogens is 1. The maximum absolute atomic E-state index is 9.84. The number of nitriles is 1. The van der Waals surface area contributed by atoms with Gasteiger partial charge in [0.2, 0.25) is 0 Å². The minimum Gasteiger partial charge on any atom is -0.388 e. The molecule has 0 unspecified atom stereocenters. The highest BCUT2D eigenvalue weighted by Gasteiger charge is 2.37. The van der Waals surface area contributed by atoms with E-state index in [0.717, 1.165) is 11.4 Å². The van der Waals surface area contributed by atoms with Crippen LogP contribution < -0.4 is 4.90 Å². The Balaban J connectivity index is 1.47. The molecule has 0 amide bonds. The van der Waals surface area contributed by atoms with E-state index in [9.17, 15) is 5.26 Å². The molecule has 0 atom stereocenters. The van der Waals surface area contributed by atoms with E-state index >= 15 is 0 Å². The van der Waals surface area contributed by atoms with E-state index in [-0.39, 0.29) is 18.3 Å². The largest absolute Gasteiger partial charge is 0.388 e. The van der Waals surface area contributed by atoms with Gasteiger partial charge in [-0.2, -0.15) is 10.2 Å². The lowest BCUT2D eigenvalue weighted by Crippen LogP contribution is -2.42. The standard InChI is InChI=1S/C19H17ClN6O2/c20-14-3-1-13(2-4-14)19(12-21)7-9-26(10-8-19)17-6-5-15(23-24-17)18-22-16(11-27)25-28-18/h1-6,27H,7-11H2. The van der Waals surface area contributed by atoms with Crippen LogP contribution in [0.15, 0.2) is 40.9 Å². The fourth-order valence-corrected chi connectivity index (χ4v) is 3.51. The molecule has 142 valence electrons. The second kappa shape index (κ2) is 7.54. The van der Waals surface area contributed by atoms with Gasteiger partial charge in [0.1, 0.15) is 6.61 Å². The van der Waals surface area contributed by atoms with Gasteiger partial charge in [-0.1, -0.05) is 28.9 Å². The Labute approximate surface area is 166 Å². The van der Waals surface area contributed by atoms with Crippen LogP contribution in [0.1, 0.15) is 24.2 Å². The van der Waals surface area contributed by atoms with Crippen molar-refractivity contribution in [2.75, 3.05) is 18.0 Å². The highest BCUT2D eigenvalue weighted by atomic mass is 35.5. The van der Waals surface area contributed by atoms with Gasteiger partial charge in [0.25, 0.3) is 5.89 Å². The SMILES string of the molecule is N#CC1(c2ccc(Cl)cc2)CCN(c2ccc(-c3nc(CO)no3)nn2)CC1. The first-order chi connectivity index (χ1) is 13.6. The Hall–Kier alpha value is -3.02. The molecule has 3 aromatic rings. The number of benzene rings is 1. The quantitative estimate of drug-likeness (QED) is 0.716. The lowest BCUT2D eigenvalue weighted by Gasteiger charge is -2.38. The number of aromatic nitrogens is 4. The predicted octanol–water partition coefficient (Wildman–Crippen LogP) is 2.73. The number of aliphatic hydroxyl groups excluding tert-OH is 1. The van der Waals surface area contributed by atoms with Crippen molar-refractivity contribution in [1.29, 1.82) is 5.26 Å². The van der Waals surface area contributed by atoms with Gasteiger partial charge in [0.15, 0.2) is 17.3 Å². The number of hydrogen-bond acceptors (Lipinski definition) is 8. The van der Waals surface area contributed by atoms with Gasteiger partial charge in [-0.25, -0.2) is 0 Å². The van der Waals surface area contributed by atoms with E-state index in [1.54, 1.807) is 6.07 Å². The summed E-state index contributed by atoms with van der Waals surface area (Å²) in [7, 11) is 0. The van der Waals surface area contributed by atoms with Crippen molar-refractivity contribution in [3.63, 3.8) is 0 Å². The van der Waals surface area contributed by atoms with Gasteiger partial charge in [-0.15, -0.1) is 10.2 Å². The lowest BCUT2D eigenvalue weighted by atomic mass is 9.74. The number of hydrogen-bond donors (Lipinski definition) is 1. The van der Waals surface area contributed by atoms with E-state index in [4.69, 9.17) is 21.2 Å². The molecule has 1 N–H and O–H groups in total. The Morgan fingerprint density at radius 3 is 2.46 bits per heavy atom. The van der Waals surface area contributed by atoms with E-state index in [2.05, 4.69) is 31.3 Å². The molecule has 8 nitrogen and oxygen atoms in total. The Morgan fingerprint density at radius 1 is 1.14 bits per heavy atom. The van der Waals surface area contributed by atoms with Crippen molar-refractivity contribution in [2.24, 2.45) is 0 Å². The molecule has 0 bridgehead atoms. The van der Waals surface area contributed by atoms with Crippen LogP contribution in [0.5, 0.6) is 0 Å². The molecule has 3 heterocycles. The third-order valence-corrected chi connectivity index (χ3v) is 5.28. The predicted molar refractivity (Wildman–Crippen MR) is 101 cm³/mol. The molecule has 2 aromatic heterocycles. The summed E-state index contributed by atoms with van der Waals surface area (Å²) in [5.41, 5.74) is 0.927. The first-order valence-electron chi connectivity index (χ1n) is 8.83. The van der Waals surface area contributed by atoms with Gasteiger partial charge in [-0.3, -0.25) is 0 Å². The normalized spacial score (nSPS) is 16.0. The summed E-state index contributed by atoms with van der Waals surface area (Å²) in [6.45, 7) is 1.09. The molecule has 4 rings (SSSR count). The fourth-order valence-electron chi connectivity index (χ4n) is 3.38. The molecule has 9 heteroatoms. The summed E-state index contributed by atoms with van der Waals surface area (Å²) in [4.78, 5) is 6.13. The van der Waals surface area contributed by atoms with Crippen molar-refractivity contribution >= 4 is 17.4 Å². The van der Waals surface area contributed by atoms with Gasteiger partial charge in [-0.05, 0) is 42.7 Å². The summed E-state index contributed by atoms with van der Waals surface area (Å²) in [6.07, 6.45) is 1.39. The Morgan fingerprint density at radius 2 is 1.89 bits per heavy atom. The molecular formula is C19H17ClN6O2. The summed E-state index contributed by atoms with van der Waals surface area (Å²) >= 11 is 5.98. The maximum Gasteiger partial charge on any atom is 0.278 e. The lowest BCUT2D eigenvalue weighted by molar-refractivity contribution is 0.264. The van der Waals surface area contributed by atoms with E-state index < -0.39 is 5.41 Å². The molecule has 1 saturated heterocycles. The highest BCUT2D eigenvalue weighted by Crippen LogP contribution is 2.36. The molecule has 28 heavy (non-hydrogen) atoms. The zero-order valence-corrected chi connectivity index (χ0v) is 15.7. The molecule has 1 aliphatic heterocycles. The Kier molecular flexibility index (Phi) is 4.94. The van der Waals surface area contributed by atoms with Gasteiger partial charge in [0, 0.05) is 18.1 Å². The minimum atomic E-state index is -0.515. The van der Waals surface area contributed by atoms with E-state index in [0.29, 0.717) is 36.6 Å². The van der Waals surface area contributed by atoms with Crippen LogP contribution in [-0.4, -0.2) is 38.5 Å². The van der Waals surface area contributed by atoms with Crippen molar-refractivity contribution in [2.45, 2.75) is 24.9 Å². The van der Waals surface area contributed by atoms with E-state index in [1.807, 2.05) is 30.3 Å². The number of anilines is 1. The zero-order chi connectivity index (χ0) is 19.6. The first-order valence-corrected chi connectivity index (χ1v) is 9.21. The van der Waals surface area contributed by atoms with Gasteiger partial charge >= 0.3 is 0 Å². The van der Waals surface area contributed by atoms with Gasteiger partial charge < -0.3 is 14.5 Å². The van der Waals surface area contributed by atoms with Crippen molar-refractivity contribution in [3.8, 4) is 17.7 Å². The monoisotopic (exact) mass is 396 g/mol. The second-order valence-corrected chi connectivity index (χ2v) is 7.07. The maximum atomic E-state index is 9.84. The molecule has 0 aliphatic carbocycles. The summed E-state index contributed by atoms with van der Waals surface area (Å²) in [5, 5.41) is 31.5. The summed E-state index contributed by atoms with van der Waals surface area (Å²) in [5.74, 6) is 1.15. The van der Waals surface area contributed by atoms with Crippen molar-refractivity contribution in [3.05, 3.63) is 52.8 Å². The van der Waals surface area contributed by atoms with Crippen LogP contribution >= 0.6 is 11.6 Å². The molecule has 0 spiro atoms. The summed E-state index contributed by atoms with van der Waals surface area (Å²) < 4.78 is 5.04. The minimum absolute atomic E-state index is 0.201. The highest BCUT2D eigenvalue weighted by molar-refractivity contribution is 6.30. The average molecular weight is 397 g/mol. The van der Waals surface area contributed by atoms with Crippen LogP contribution in [0.25, 0.3) is 11.6 Å². The molecule has 1 aromatic carbocycles. The first kappa shape index (κ1) is 18.3. The third-order valence-electron chi connectivity index (χ3n) is 5.03. The summed E-state index contributed by atoms with van der Waals surface area (Å²) in [6, 6.07) is 13.6. The number of nitrogens with zero attached hydrogens (tertiary/aromatic N) is 6. The van der Waals surface area contributed by atoms with Crippen LogP contribution in [0, 0.1) is 11.3 Å². The number of piperidine rings is 1. The van der Waals surface area contributed by atoms with Crippen molar-refractivity contribution in [1.82, 2.24) is 20.3 Å². The second-order valence-electron chi connectivity index (χ2n) is 6.64. The third kappa shape index (κ3) is 3.42. The van der Waals surface area contributed by atoms with Crippen LogP contribution in [-0.2, 0) is 12.0 Å². The molecule has 1 aliphatic rings. The zero-order valence-electron chi connectivity index (χ0n) is 14.9. The molecular weight excluding hydrogens is 380 g/mol. The van der Waals surface area contributed by atoms with Crippen LogP contribution in [0.3, 0.4) is 0 Å². The Bertz CT molecular complexity index is 989. The van der Waals surface area contributed by atoms with Crippen molar-refractivity contribution < 1.29 is 9.63 Å². The molecule has 1 fully saturated rings. The average Bonchev–Trinajstić information content (AvgIpc) is 3.24. The smallest absolute Gasteiger partial charge is 0.278 e. The molecule has 0 radical (unpaired) electrons. The van der Waals surface area contributed by atoms with E-state index in [1.165, 1.54) is 0 Å². The van der Waals surface area contributed by atoms with Gasteiger partial charge in [0.05, 0.1) is 11.5 Å². The van der Waals surface area contributed by atoms with Crippen LogP contribution in [0.2, 0.25) is 5.02 Å². The fraction of sp³-hybridized carbons (Fsp3) is 0.316. The van der Waals surface area contributed by atoms with Crippen LogP contribution in [0.4, 0.5) is 5.82 Å². The molecule has 0 saturated carbocycles. The topological polar surface area (TPSA) is 112 Å². The number of aliphatic hydroxyl groups is 1. The number of rotatable bonds is 4.